The van der Waals surface area contributed by atoms with Crippen molar-refractivity contribution in [1.29, 1.82) is 0 Å². The Labute approximate surface area is 142 Å². The molecular formula is C20H21O3P. The summed E-state index contributed by atoms with van der Waals surface area (Å²) >= 11 is 0. The van der Waals surface area contributed by atoms with E-state index in [1.165, 1.54) is 19.8 Å². The van der Waals surface area contributed by atoms with E-state index in [2.05, 4.69) is 38.1 Å². The average molecular weight is 340 g/mol. The van der Waals surface area contributed by atoms with Crippen molar-refractivity contribution in [2.75, 3.05) is 14.2 Å². The van der Waals surface area contributed by atoms with Crippen LogP contribution in [0.25, 0.3) is 21.9 Å². The fourth-order valence-electron chi connectivity index (χ4n) is 3.14. The van der Waals surface area contributed by atoms with Crippen LogP contribution in [0.15, 0.2) is 54.6 Å². The molecule has 0 fully saturated rings. The van der Waals surface area contributed by atoms with Gasteiger partial charge in [-0.15, -0.1) is 0 Å². The summed E-state index contributed by atoms with van der Waals surface area (Å²) in [6.45, 7) is 4.13. The van der Waals surface area contributed by atoms with Gasteiger partial charge in [0.25, 0.3) is 0 Å². The summed E-state index contributed by atoms with van der Waals surface area (Å²) < 4.78 is 23.7. The number of fused-ring (bicyclic) bond motifs is 1. The van der Waals surface area contributed by atoms with Gasteiger partial charge in [-0.05, 0) is 41.8 Å². The van der Waals surface area contributed by atoms with Crippen molar-refractivity contribution in [2.45, 2.75) is 13.8 Å². The Hall–Kier alpha value is -1.93. The van der Waals surface area contributed by atoms with Crippen LogP contribution in [0.5, 0.6) is 0 Å². The molecule has 0 saturated heterocycles. The molecule has 4 heteroatoms. The number of aryl methyl sites for hydroxylation is 2. The Bertz CT molecular complexity index is 939. The third-order valence-corrected chi connectivity index (χ3v) is 6.26. The monoisotopic (exact) mass is 340 g/mol. The highest BCUT2D eigenvalue weighted by Crippen LogP contribution is 2.49. The van der Waals surface area contributed by atoms with Crippen LogP contribution >= 0.6 is 7.60 Å². The van der Waals surface area contributed by atoms with E-state index in [0.717, 1.165) is 27.5 Å². The predicted octanol–water partition coefficient (Wildman–Crippen LogP) is 5.23. The van der Waals surface area contributed by atoms with E-state index in [1.807, 2.05) is 30.3 Å². The highest BCUT2D eigenvalue weighted by Gasteiger charge is 2.29. The lowest BCUT2D eigenvalue weighted by Crippen LogP contribution is -2.12. The van der Waals surface area contributed by atoms with Crippen LogP contribution in [-0.2, 0) is 13.6 Å². The van der Waals surface area contributed by atoms with Crippen LogP contribution in [0.4, 0.5) is 0 Å². The lowest BCUT2D eigenvalue weighted by atomic mass is 9.94. The zero-order chi connectivity index (χ0) is 17.3. The highest BCUT2D eigenvalue weighted by atomic mass is 31.2. The molecule has 0 amide bonds. The Morgan fingerprint density at radius 3 is 2.25 bits per heavy atom. The molecular weight excluding hydrogens is 319 g/mol. The van der Waals surface area contributed by atoms with Gasteiger partial charge in [0.2, 0.25) is 0 Å². The lowest BCUT2D eigenvalue weighted by molar-refractivity contribution is 0.287. The molecule has 0 N–H and O–H groups in total. The zero-order valence-electron chi connectivity index (χ0n) is 14.4. The van der Waals surface area contributed by atoms with Crippen molar-refractivity contribution in [2.24, 2.45) is 0 Å². The van der Waals surface area contributed by atoms with E-state index >= 15 is 0 Å². The van der Waals surface area contributed by atoms with Crippen LogP contribution in [0.2, 0.25) is 0 Å². The number of hydrogen-bond donors (Lipinski definition) is 0. The van der Waals surface area contributed by atoms with Gasteiger partial charge in [0.05, 0.1) is 5.30 Å². The second-order valence-corrected chi connectivity index (χ2v) is 8.07. The first-order valence-corrected chi connectivity index (χ1v) is 9.36. The maximum absolute atomic E-state index is 13.1. The van der Waals surface area contributed by atoms with Crippen LogP contribution in [0, 0.1) is 13.8 Å². The number of hydrogen-bond acceptors (Lipinski definition) is 3. The molecule has 0 aliphatic carbocycles. The van der Waals surface area contributed by atoms with Crippen LogP contribution < -0.4 is 5.30 Å². The SMILES string of the molecule is COP(=O)(OC)c1ccc2ccccc2c1-c1ccc(C)cc1C. The topological polar surface area (TPSA) is 35.5 Å². The molecule has 0 saturated carbocycles. The summed E-state index contributed by atoms with van der Waals surface area (Å²) in [7, 11) is -0.529. The summed E-state index contributed by atoms with van der Waals surface area (Å²) in [5.74, 6) is 0. The van der Waals surface area contributed by atoms with Gasteiger partial charge in [-0.3, -0.25) is 4.57 Å². The highest BCUT2D eigenvalue weighted by molar-refractivity contribution is 7.62. The van der Waals surface area contributed by atoms with Crippen LogP contribution in [0.3, 0.4) is 0 Å². The first kappa shape index (κ1) is 16.9. The quantitative estimate of drug-likeness (QED) is 0.610. The standard InChI is InChI=1S/C20H21O3P/c1-14-9-11-17(15(2)13-14)20-18-8-6-5-7-16(18)10-12-19(20)24(21,22-3)23-4/h5-13H,1-4H3. The van der Waals surface area contributed by atoms with Gasteiger partial charge in [-0.2, -0.15) is 0 Å². The summed E-state index contributed by atoms with van der Waals surface area (Å²) in [6.07, 6.45) is 0. The second-order valence-electron chi connectivity index (χ2n) is 5.86. The Kier molecular flexibility index (Phi) is 4.60. The third-order valence-electron chi connectivity index (χ3n) is 4.33. The van der Waals surface area contributed by atoms with Gasteiger partial charge in [-0.25, -0.2) is 0 Å². The van der Waals surface area contributed by atoms with E-state index in [0.29, 0.717) is 5.30 Å². The van der Waals surface area contributed by atoms with E-state index < -0.39 is 7.60 Å². The van der Waals surface area contributed by atoms with Crippen LogP contribution in [-0.4, -0.2) is 14.2 Å². The molecule has 3 nitrogen and oxygen atoms in total. The Morgan fingerprint density at radius 2 is 1.58 bits per heavy atom. The fourth-order valence-corrected chi connectivity index (χ4v) is 4.45. The van der Waals surface area contributed by atoms with E-state index in [-0.39, 0.29) is 0 Å². The Balaban J connectivity index is 2.44. The van der Waals surface area contributed by atoms with E-state index in [4.69, 9.17) is 9.05 Å². The molecule has 0 bridgehead atoms. The maximum atomic E-state index is 13.1. The molecule has 24 heavy (non-hydrogen) atoms. The fraction of sp³-hybridized carbons (Fsp3) is 0.200. The summed E-state index contributed by atoms with van der Waals surface area (Å²) in [4.78, 5) is 0. The minimum atomic E-state index is -3.37. The first-order chi connectivity index (χ1) is 11.5. The van der Waals surface area contributed by atoms with E-state index in [9.17, 15) is 4.57 Å². The van der Waals surface area contributed by atoms with E-state index in [1.54, 1.807) is 0 Å². The lowest BCUT2D eigenvalue weighted by Gasteiger charge is -2.20. The number of benzene rings is 3. The molecule has 3 rings (SSSR count). The van der Waals surface area contributed by atoms with Crippen molar-refractivity contribution in [3.8, 4) is 11.1 Å². The van der Waals surface area contributed by atoms with Crippen LogP contribution in [0.1, 0.15) is 11.1 Å². The van der Waals surface area contributed by atoms with Crippen molar-refractivity contribution in [3.05, 3.63) is 65.7 Å². The molecule has 3 aromatic rings. The minimum Gasteiger partial charge on any atom is -0.309 e. The largest absolute Gasteiger partial charge is 0.361 e. The van der Waals surface area contributed by atoms with Gasteiger partial charge in [0.1, 0.15) is 0 Å². The predicted molar refractivity (Wildman–Crippen MR) is 100 cm³/mol. The number of rotatable bonds is 4. The third kappa shape index (κ3) is 2.80. The molecule has 0 aromatic heterocycles. The first-order valence-electron chi connectivity index (χ1n) is 7.81. The van der Waals surface area contributed by atoms with Gasteiger partial charge >= 0.3 is 7.60 Å². The molecule has 124 valence electrons. The molecule has 0 heterocycles. The molecule has 0 spiro atoms. The smallest absolute Gasteiger partial charge is 0.309 e. The van der Waals surface area contributed by atoms with Crippen molar-refractivity contribution < 1.29 is 13.6 Å². The molecule has 3 aromatic carbocycles. The zero-order valence-corrected chi connectivity index (χ0v) is 15.3. The Morgan fingerprint density at radius 1 is 0.875 bits per heavy atom. The summed E-state index contributed by atoms with van der Waals surface area (Å²) in [5, 5.41) is 2.73. The molecule has 0 aliphatic rings. The second kappa shape index (κ2) is 6.52. The summed E-state index contributed by atoms with van der Waals surface area (Å²) in [5.41, 5.74) is 4.28. The molecule has 0 radical (unpaired) electrons. The summed E-state index contributed by atoms with van der Waals surface area (Å²) in [6, 6.07) is 18.2. The molecule has 0 unspecified atom stereocenters. The van der Waals surface area contributed by atoms with Crippen molar-refractivity contribution in [1.82, 2.24) is 0 Å². The maximum Gasteiger partial charge on any atom is 0.361 e. The van der Waals surface area contributed by atoms with Gasteiger partial charge < -0.3 is 9.05 Å². The van der Waals surface area contributed by atoms with Gasteiger partial charge in [0, 0.05) is 19.8 Å². The molecule has 0 atom stereocenters. The average Bonchev–Trinajstić information content (AvgIpc) is 2.60. The normalized spacial score (nSPS) is 11.8. The molecule has 0 aliphatic heterocycles. The van der Waals surface area contributed by atoms with Crippen molar-refractivity contribution >= 4 is 23.7 Å². The minimum absolute atomic E-state index is 0.596. The van der Waals surface area contributed by atoms with Gasteiger partial charge in [0.15, 0.2) is 0 Å². The van der Waals surface area contributed by atoms with Crippen molar-refractivity contribution in [3.63, 3.8) is 0 Å². The van der Waals surface area contributed by atoms with Gasteiger partial charge in [-0.1, -0.05) is 54.1 Å².